The van der Waals surface area contributed by atoms with E-state index >= 15 is 0 Å². The number of fused-ring (bicyclic) bond motifs is 2. The molecule has 0 atom stereocenters. The normalized spacial score (nSPS) is 15.1. The van der Waals surface area contributed by atoms with Crippen LogP contribution < -0.4 is 9.80 Å². The molecular weight excluding hydrogens is 308 g/mol. The van der Waals surface area contributed by atoms with Gasteiger partial charge < -0.3 is 14.8 Å². The van der Waals surface area contributed by atoms with Gasteiger partial charge in [0.15, 0.2) is 17.1 Å². The molecule has 1 saturated heterocycles. The van der Waals surface area contributed by atoms with Crippen molar-refractivity contribution in [3.63, 3.8) is 0 Å². The van der Waals surface area contributed by atoms with Crippen LogP contribution in [0.2, 0.25) is 0 Å². The van der Waals surface area contributed by atoms with Gasteiger partial charge in [0.25, 0.3) is 0 Å². The lowest BCUT2D eigenvalue weighted by Crippen LogP contribution is -2.59. The molecule has 5 heterocycles. The van der Waals surface area contributed by atoms with Gasteiger partial charge >= 0.3 is 0 Å². The molecule has 0 unspecified atom stereocenters. The van der Waals surface area contributed by atoms with Crippen molar-refractivity contribution in [2.75, 3.05) is 29.9 Å². The Bertz CT molecular complexity index is 1010. The first-order chi connectivity index (χ1) is 11.8. The van der Waals surface area contributed by atoms with Crippen LogP contribution in [0.1, 0.15) is 0 Å². The van der Waals surface area contributed by atoms with Gasteiger partial charge in [0.2, 0.25) is 0 Å². The molecule has 0 aromatic carbocycles. The molecular formula is C14H14N10. The molecule has 4 aromatic rings. The standard InChI is InChI=1S/C14H14N10/c1-22(14-12-13(16-6-15-12)17-7-18-14)9-4-23(5-9)11-3-2-10-20-19-8-24(10)21-11/h2-3,6-9H,4-5H2,1H3,(H,15,16,17,18). The molecule has 0 bridgehead atoms. The van der Waals surface area contributed by atoms with Crippen molar-refractivity contribution in [2.45, 2.75) is 6.04 Å². The minimum Gasteiger partial charge on any atom is -0.351 e. The maximum absolute atomic E-state index is 4.52. The van der Waals surface area contributed by atoms with Crippen LogP contribution in [0.4, 0.5) is 11.6 Å². The van der Waals surface area contributed by atoms with E-state index in [9.17, 15) is 0 Å². The molecule has 120 valence electrons. The molecule has 10 heteroatoms. The lowest BCUT2D eigenvalue weighted by Gasteiger charge is -2.44. The molecule has 10 nitrogen and oxygen atoms in total. The van der Waals surface area contributed by atoms with Crippen LogP contribution in [0.3, 0.4) is 0 Å². The Morgan fingerprint density at radius 2 is 2.12 bits per heavy atom. The summed E-state index contributed by atoms with van der Waals surface area (Å²) in [5, 5.41) is 12.3. The summed E-state index contributed by atoms with van der Waals surface area (Å²) < 4.78 is 1.69. The smallest absolute Gasteiger partial charge is 0.182 e. The Morgan fingerprint density at radius 1 is 1.21 bits per heavy atom. The highest BCUT2D eigenvalue weighted by atomic mass is 15.4. The van der Waals surface area contributed by atoms with Gasteiger partial charge in [0, 0.05) is 20.1 Å². The molecule has 4 aromatic heterocycles. The maximum Gasteiger partial charge on any atom is 0.182 e. The summed E-state index contributed by atoms with van der Waals surface area (Å²) in [6, 6.07) is 4.24. The van der Waals surface area contributed by atoms with Crippen molar-refractivity contribution in [1.29, 1.82) is 0 Å². The number of aromatic amines is 1. The Morgan fingerprint density at radius 3 is 3.04 bits per heavy atom. The van der Waals surface area contributed by atoms with Gasteiger partial charge in [-0.2, -0.15) is 4.52 Å². The van der Waals surface area contributed by atoms with Crippen LogP contribution in [0.15, 0.2) is 31.1 Å². The summed E-state index contributed by atoms with van der Waals surface area (Å²) in [7, 11) is 2.04. The van der Waals surface area contributed by atoms with Crippen LogP contribution in [-0.2, 0) is 0 Å². The zero-order chi connectivity index (χ0) is 16.1. The highest BCUT2D eigenvalue weighted by Gasteiger charge is 2.32. The highest BCUT2D eigenvalue weighted by molar-refractivity contribution is 5.82. The molecule has 1 fully saturated rings. The second-order valence-corrected chi connectivity index (χ2v) is 5.79. The number of hydrogen-bond donors (Lipinski definition) is 1. The van der Waals surface area contributed by atoms with Crippen LogP contribution >= 0.6 is 0 Å². The van der Waals surface area contributed by atoms with Gasteiger partial charge in [-0.05, 0) is 12.1 Å². The Kier molecular flexibility index (Phi) is 2.66. The first kappa shape index (κ1) is 13.2. The van der Waals surface area contributed by atoms with Gasteiger partial charge in [0.1, 0.15) is 24.0 Å². The zero-order valence-corrected chi connectivity index (χ0v) is 12.9. The van der Waals surface area contributed by atoms with E-state index in [0.717, 1.165) is 35.9 Å². The van der Waals surface area contributed by atoms with E-state index < -0.39 is 0 Å². The topological polar surface area (TPSA) is 104 Å². The minimum atomic E-state index is 0.352. The Labute approximate surface area is 136 Å². The first-order valence-corrected chi connectivity index (χ1v) is 7.58. The molecule has 0 saturated carbocycles. The monoisotopic (exact) mass is 322 g/mol. The molecule has 0 aliphatic carbocycles. The average molecular weight is 322 g/mol. The number of hydrogen-bond acceptors (Lipinski definition) is 8. The highest BCUT2D eigenvalue weighted by Crippen LogP contribution is 2.26. The number of likely N-dealkylation sites (N-methyl/N-ethyl adjacent to an activating group) is 1. The average Bonchev–Trinajstić information content (AvgIpc) is 3.21. The van der Waals surface area contributed by atoms with E-state index in [0.29, 0.717) is 11.7 Å². The second kappa shape index (κ2) is 4.85. The molecule has 5 rings (SSSR count). The van der Waals surface area contributed by atoms with Gasteiger partial charge in [-0.1, -0.05) is 0 Å². The van der Waals surface area contributed by atoms with Crippen molar-refractivity contribution in [3.05, 3.63) is 31.1 Å². The van der Waals surface area contributed by atoms with Gasteiger partial charge in [0.05, 0.1) is 12.4 Å². The number of H-pyrrole nitrogens is 1. The summed E-state index contributed by atoms with van der Waals surface area (Å²) in [4.78, 5) is 20.2. The number of nitrogens with zero attached hydrogens (tertiary/aromatic N) is 9. The number of aromatic nitrogens is 8. The van der Waals surface area contributed by atoms with Crippen LogP contribution in [0.25, 0.3) is 16.8 Å². The summed E-state index contributed by atoms with van der Waals surface area (Å²) in [6.45, 7) is 1.74. The number of rotatable bonds is 3. The van der Waals surface area contributed by atoms with Crippen LogP contribution in [0, 0.1) is 0 Å². The lowest BCUT2D eigenvalue weighted by molar-refractivity contribution is 0.487. The predicted octanol–water partition coefficient (Wildman–Crippen LogP) is 0.116. The summed E-state index contributed by atoms with van der Waals surface area (Å²) >= 11 is 0. The molecule has 1 aliphatic rings. The molecule has 1 aliphatic heterocycles. The van der Waals surface area contributed by atoms with E-state index in [1.54, 1.807) is 23.5 Å². The summed E-state index contributed by atoms with van der Waals surface area (Å²) in [5.74, 6) is 1.78. The van der Waals surface area contributed by atoms with E-state index in [4.69, 9.17) is 0 Å². The third kappa shape index (κ3) is 1.89. The molecule has 24 heavy (non-hydrogen) atoms. The Balaban J connectivity index is 1.36. The fourth-order valence-corrected chi connectivity index (χ4v) is 2.97. The number of anilines is 2. The first-order valence-electron chi connectivity index (χ1n) is 7.58. The second-order valence-electron chi connectivity index (χ2n) is 5.79. The number of imidazole rings is 1. The fraction of sp³-hybridized carbons (Fsp3) is 0.286. The third-order valence-electron chi connectivity index (χ3n) is 4.42. The molecule has 1 N–H and O–H groups in total. The molecule has 0 radical (unpaired) electrons. The van der Waals surface area contributed by atoms with E-state index in [1.807, 2.05) is 19.2 Å². The predicted molar refractivity (Wildman–Crippen MR) is 86.9 cm³/mol. The van der Waals surface area contributed by atoms with Crippen molar-refractivity contribution in [3.8, 4) is 0 Å². The quantitative estimate of drug-likeness (QED) is 0.567. The van der Waals surface area contributed by atoms with Gasteiger partial charge in [-0.15, -0.1) is 15.3 Å². The lowest BCUT2D eigenvalue weighted by atomic mass is 10.1. The SMILES string of the molecule is CN(c1ncnc2nc[nH]c12)C1CN(c2ccc3nncn3n2)C1. The summed E-state index contributed by atoms with van der Waals surface area (Å²) in [5.41, 5.74) is 2.29. The maximum atomic E-state index is 4.52. The molecule has 0 amide bonds. The largest absolute Gasteiger partial charge is 0.351 e. The van der Waals surface area contributed by atoms with E-state index in [2.05, 4.69) is 45.0 Å². The van der Waals surface area contributed by atoms with Gasteiger partial charge in [-0.3, -0.25) is 0 Å². The van der Waals surface area contributed by atoms with Crippen LogP contribution in [-0.4, -0.2) is 65.9 Å². The molecule has 0 spiro atoms. The summed E-state index contributed by atoms with van der Waals surface area (Å²) in [6.07, 6.45) is 4.80. The third-order valence-corrected chi connectivity index (χ3v) is 4.42. The number of nitrogens with one attached hydrogen (secondary N) is 1. The van der Waals surface area contributed by atoms with Crippen molar-refractivity contribution >= 4 is 28.4 Å². The van der Waals surface area contributed by atoms with Crippen molar-refractivity contribution < 1.29 is 0 Å². The Hall–Kier alpha value is -3.30. The van der Waals surface area contributed by atoms with E-state index in [1.165, 1.54) is 0 Å². The van der Waals surface area contributed by atoms with Gasteiger partial charge in [-0.25, -0.2) is 15.0 Å². The van der Waals surface area contributed by atoms with Crippen molar-refractivity contribution in [2.24, 2.45) is 0 Å². The zero-order valence-electron chi connectivity index (χ0n) is 12.9. The van der Waals surface area contributed by atoms with Crippen LogP contribution in [0.5, 0.6) is 0 Å². The minimum absolute atomic E-state index is 0.352. The van der Waals surface area contributed by atoms with Crippen molar-refractivity contribution in [1.82, 2.24) is 39.7 Å². The van der Waals surface area contributed by atoms with E-state index in [-0.39, 0.29) is 0 Å². The fourth-order valence-electron chi connectivity index (χ4n) is 2.97.